The van der Waals surface area contributed by atoms with E-state index in [-0.39, 0.29) is 16.4 Å². The number of pyridine rings is 1. The van der Waals surface area contributed by atoms with Gasteiger partial charge in [-0.1, -0.05) is 0 Å². The predicted molar refractivity (Wildman–Crippen MR) is 73.1 cm³/mol. The third-order valence-electron chi connectivity index (χ3n) is 2.38. The highest BCUT2D eigenvalue weighted by Crippen LogP contribution is 2.31. The molecule has 0 amide bonds. The molecule has 108 valence electrons. The summed E-state index contributed by atoms with van der Waals surface area (Å²) in [5.41, 5.74) is 0.625. The molecule has 2 aromatic rings. The van der Waals surface area contributed by atoms with Crippen molar-refractivity contribution >= 4 is 23.4 Å². The number of carbonyl (C=O) groups excluding carboxylic acids is 1. The van der Waals surface area contributed by atoms with Crippen LogP contribution in [0.2, 0.25) is 0 Å². The van der Waals surface area contributed by atoms with Crippen molar-refractivity contribution in [2.75, 3.05) is 7.11 Å². The van der Waals surface area contributed by atoms with Gasteiger partial charge in [-0.05, 0) is 30.3 Å². The molecule has 2 rings (SSSR count). The van der Waals surface area contributed by atoms with Crippen molar-refractivity contribution in [1.82, 2.24) is 15.0 Å². The minimum absolute atomic E-state index is 0.0160. The van der Waals surface area contributed by atoms with E-state index in [2.05, 4.69) is 19.7 Å². The summed E-state index contributed by atoms with van der Waals surface area (Å²) in [5, 5.41) is 11.3. The number of nitrogens with zero attached hydrogens (tertiary/aromatic N) is 4. The van der Waals surface area contributed by atoms with E-state index in [1.165, 1.54) is 19.2 Å². The van der Waals surface area contributed by atoms with Crippen molar-refractivity contribution in [1.29, 1.82) is 0 Å². The van der Waals surface area contributed by atoms with E-state index in [9.17, 15) is 14.9 Å². The van der Waals surface area contributed by atoms with Crippen LogP contribution in [0.25, 0.3) is 0 Å². The van der Waals surface area contributed by atoms with Gasteiger partial charge in [0, 0.05) is 18.5 Å². The molecular weight excluding hydrogens is 296 g/mol. The lowest BCUT2D eigenvalue weighted by Crippen LogP contribution is -2.06. The number of aromatic nitrogens is 3. The van der Waals surface area contributed by atoms with Crippen molar-refractivity contribution in [3.63, 3.8) is 0 Å². The van der Waals surface area contributed by atoms with Gasteiger partial charge in [0.05, 0.1) is 12.0 Å². The summed E-state index contributed by atoms with van der Waals surface area (Å²) in [6.45, 7) is 1.83. The van der Waals surface area contributed by atoms with Gasteiger partial charge >= 0.3 is 11.7 Å². The van der Waals surface area contributed by atoms with Crippen LogP contribution in [0.1, 0.15) is 16.1 Å². The summed E-state index contributed by atoms with van der Waals surface area (Å²) < 4.78 is 4.55. The summed E-state index contributed by atoms with van der Waals surface area (Å²) in [5.74, 6) is -0.670. The first kappa shape index (κ1) is 14.9. The zero-order valence-electron chi connectivity index (χ0n) is 11.1. The van der Waals surface area contributed by atoms with Crippen LogP contribution < -0.4 is 0 Å². The Morgan fingerprint density at radius 2 is 2.00 bits per heavy atom. The highest BCUT2D eigenvalue weighted by molar-refractivity contribution is 7.99. The second kappa shape index (κ2) is 6.27. The first-order valence-electron chi connectivity index (χ1n) is 5.71. The monoisotopic (exact) mass is 306 g/mol. The third-order valence-corrected chi connectivity index (χ3v) is 3.26. The molecule has 8 nitrogen and oxygen atoms in total. The SMILES string of the molecule is COC(=O)c1ccc([N+](=O)[O-])c(Sc2ncc(C)cn2)n1. The zero-order chi connectivity index (χ0) is 15.4. The summed E-state index contributed by atoms with van der Waals surface area (Å²) in [6, 6.07) is 2.44. The second-order valence-corrected chi connectivity index (χ2v) is 4.87. The maximum absolute atomic E-state index is 11.4. The van der Waals surface area contributed by atoms with Gasteiger partial charge in [-0.25, -0.2) is 19.7 Å². The van der Waals surface area contributed by atoms with Gasteiger partial charge in [-0.15, -0.1) is 0 Å². The molecule has 21 heavy (non-hydrogen) atoms. The van der Waals surface area contributed by atoms with E-state index in [1.54, 1.807) is 12.4 Å². The van der Waals surface area contributed by atoms with Gasteiger partial charge in [0.1, 0.15) is 5.69 Å². The van der Waals surface area contributed by atoms with Gasteiger partial charge in [-0.2, -0.15) is 0 Å². The quantitative estimate of drug-likeness (QED) is 0.365. The highest BCUT2D eigenvalue weighted by Gasteiger charge is 2.20. The molecule has 0 unspecified atom stereocenters. The molecule has 0 bridgehead atoms. The van der Waals surface area contributed by atoms with E-state index in [4.69, 9.17) is 0 Å². The number of ether oxygens (including phenoxy) is 1. The van der Waals surface area contributed by atoms with E-state index in [1.807, 2.05) is 6.92 Å². The topological polar surface area (TPSA) is 108 Å². The normalized spacial score (nSPS) is 10.2. The third kappa shape index (κ3) is 3.51. The molecule has 0 N–H and O–H groups in total. The summed E-state index contributed by atoms with van der Waals surface area (Å²) in [6.07, 6.45) is 3.18. The van der Waals surface area contributed by atoms with Crippen molar-refractivity contribution in [2.45, 2.75) is 17.1 Å². The predicted octanol–water partition coefficient (Wildman–Crippen LogP) is 2.03. The molecule has 0 aromatic carbocycles. The summed E-state index contributed by atoms with van der Waals surface area (Å²) in [7, 11) is 1.21. The molecule has 0 aliphatic rings. The maximum atomic E-state index is 11.4. The van der Waals surface area contributed by atoms with Crippen LogP contribution in [0.4, 0.5) is 5.69 Å². The average molecular weight is 306 g/mol. The number of methoxy groups -OCH3 is 1. The van der Waals surface area contributed by atoms with Crippen molar-refractivity contribution in [3.8, 4) is 0 Å². The van der Waals surface area contributed by atoms with Gasteiger partial charge in [0.25, 0.3) is 0 Å². The second-order valence-electron chi connectivity index (χ2n) is 3.91. The number of carbonyl (C=O) groups is 1. The number of rotatable bonds is 4. The Hall–Kier alpha value is -2.55. The van der Waals surface area contributed by atoms with Crippen LogP contribution in [0.5, 0.6) is 0 Å². The lowest BCUT2D eigenvalue weighted by molar-refractivity contribution is -0.388. The smallest absolute Gasteiger partial charge is 0.356 e. The standard InChI is InChI=1S/C12H10N4O4S/c1-7-5-13-12(14-6-7)21-10-9(16(18)19)4-3-8(15-10)11(17)20-2/h3-6H,1-2H3. The van der Waals surface area contributed by atoms with Crippen molar-refractivity contribution in [3.05, 3.63) is 45.9 Å². The first-order chi connectivity index (χ1) is 10.0. The molecule has 0 saturated carbocycles. The highest BCUT2D eigenvalue weighted by atomic mass is 32.2. The fourth-order valence-corrected chi connectivity index (χ4v) is 2.16. The fraction of sp³-hybridized carbons (Fsp3) is 0.167. The minimum atomic E-state index is -0.670. The number of nitro groups is 1. The molecule has 0 spiro atoms. The number of hydrogen-bond donors (Lipinski definition) is 0. The van der Waals surface area contributed by atoms with E-state index in [0.29, 0.717) is 5.16 Å². The summed E-state index contributed by atoms with van der Waals surface area (Å²) >= 11 is 0.911. The molecule has 0 aliphatic heterocycles. The molecule has 0 atom stereocenters. The lowest BCUT2D eigenvalue weighted by atomic mass is 10.3. The number of hydrogen-bond acceptors (Lipinski definition) is 8. The molecule has 2 heterocycles. The largest absolute Gasteiger partial charge is 0.464 e. The van der Waals surface area contributed by atoms with Crippen LogP contribution in [0.15, 0.2) is 34.7 Å². The maximum Gasteiger partial charge on any atom is 0.356 e. The number of aryl methyl sites for hydroxylation is 1. The molecule has 2 aromatic heterocycles. The Morgan fingerprint density at radius 3 is 2.57 bits per heavy atom. The summed E-state index contributed by atoms with van der Waals surface area (Å²) in [4.78, 5) is 33.9. The van der Waals surface area contributed by atoms with E-state index >= 15 is 0 Å². The van der Waals surface area contributed by atoms with Gasteiger partial charge in [0.15, 0.2) is 10.2 Å². The Labute approximate surface area is 123 Å². The Kier molecular flexibility index (Phi) is 4.43. The van der Waals surface area contributed by atoms with E-state index < -0.39 is 10.9 Å². The molecule has 9 heteroatoms. The van der Waals surface area contributed by atoms with Crippen LogP contribution in [-0.2, 0) is 4.74 Å². The van der Waals surface area contributed by atoms with Crippen LogP contribution in [-0.4, -0.2) is 33.0 Å². The van der Waals surface area contributed by atoms with Crippen LogP contribution in [0, 0.1) is 17.0 Å². The van der Waals surface area contributed by atoms with Gasteiger partial charge < -0.3 is 4.74 Å². The lowest BCUT2D eigenvalue weighted by Gasteiger charge is -2.03. The van der Waals surface area contributed by atoms with Crippen molar-refractivity contribution in [2.24, 2.45) is 0 Å². The average Bonchev–Trinajstić information content (AvgIpc) is 2.48. The molecule has 0 radical (unpaired) electrons. The Morgan fingerprint density at radius 1 is 1.33 bits per heavy atom. The molecule has 0 aliphatic carbocycles. The van der Waals surface area contributed by atoms with Gasteiger partial charge in [-0.3, -0.25) is 10.1 Å². The van der Waals surface area contributed by atoms with Crippen LogP contribution >= 0.6 is 11.8 Å². The first-order valence-corrected chi connectivity index (χ1v) is 6.53. The molecule has 0 fully saturated rings. The fourth-order valence-electron chi connectivity index (χ4n) is 1.39. The van der Waals surface area contributed by atoms with Crippen molar-refractivity contribution < 1.29 is 14.5 Å². The van der Waals surface area contributed by atoms with Crippen LogP contribution in [0.3, 0.4) is 0 Å². The van der Waals surface area contributed by atoms with E-state index in [0.717, 1.165) is 17.3 Å². The Bertz CT molecular complexity index is 690. The zero-order valence-corrected chi connectivity index (χ0v) is 12.0. The molecular formula is C12H10N4O4S. The number of esters is 1. The minimum Gasteiger partial charge on any atom is -0.464 e. The van der Waals surface area contributed by atoms with Gasteiger partial charge in [0.2, 0.25) is 0 Å². The molecule has 0 saturated heterocycles. The Balaban J connectivity index is 2.40.